The van der Waals surface area contributed by atoms with E-state index in [0.29, 0.717) is 18.3 Å². The molecule has 6 heteroatoms. The molecule has 0 aliphatic carbocycles. The van der Waals surface area contributed by atoms with Crippen LogP contribution in [0.1, 0.15) is 59.2 Å². The van der Waals surface area contributed by atoms with Crippen molar-refractivity contribution in [1.82, 2.24) is 20.4 Å². The number of nitrogens with zero attached hydrogens (tertiary/aromatic N) is 3. The minimum atomic E-state index is -0.406. The van der Waals surface area contributed by atoms with Crippen LogP contribution in [-0.4, -0.2) is 21.1 Å². The van der Waals surface area contributed by atoms with Gasteiger partial charge in [0.05, 0.1) is 18.2 Å². The highest BCUT2D eigenvalue weighted by atomic mass is 16.5. The van der Waals surface area contributed by atoms with Crippen LogP contribution in [0.15, 0.2) is 77.0 Å². The maximum Gasteiger partial charge on any atom is 0.322 e. The van der Waals surface area contributed by atoms with Gasteiger partial charge in [0.2, 0.25) is 5.82 Å². The summed E-state index contributed by atoms with van der Waals surface area (Å²) in [7, 11) is 0. The van der Waals surface area contributed by atoms with Gasteiger partial charge in [-0.25, -0.2) is 4.79 Å². The molecule has 5 rings (SSSR count). The summed E-state index contributed by atoms with van der Waals surface area (Å²) in [6, 6.07) is 22.1. The van der Waals surface area contributed by atoms with E-state index in [1.807, 2.05) is 38.1 Å². The van der Waals surface area contributed by atoms with Crippen LogP contribution in [0.25, 0.3) is 17.0 Å². The Morgan fingerprint density at radius 1 is 0.892 bits per heavy atom. The monoisotopic (exact) mass is 492 g/mol. The fourth-order valence-electron chi connectivity index (χ4n) is 4.66. The highest BCUT2D eigenvalue weighted by Crippen LogP contribution is 2.38. The molecule has 1 aliphatic heterocycles. The van der Waals surface area contributed by atoms with E-state index in [1.165, 1.54) is 16.7 Å². The van der Waals surface area contributed by atoms with Gasteiger partial charge in [-0.1, -0.05) is 84.4 Å². The minimum absolute atomic E-state index is 0.151. The molecule has 6 nitrogen and oxygen atoms in total. The molecule has 0 spiro atoms. The molecule has 0 fully saturated rings. The topological polar surface area (TPSA) is 71.3 Å². The first-order valence-corrected chi connectivity index (χ1v) is 12.7. The maximum absolute atomic E-state index is 13.4. The van der Waals surface area contributed by atoms with E-state index in [0.717, 1.165) is 39.9 Å². The highest BCUT2D eigenvalue weighted by Gasteiger charge is 2.36. The number of urea groups is 1. The van der Waals surface area contributed by atoms with Crippen LogP contribution in [0.4, 0.5) is 4.79 Å². The molecule has 4 aromatic rings. The number of carbonyl (C=O) groups is 1. The lowest BCUT2D eigenvalue weighted by atomic mass is 9.92. The van der Waals surface area contributed by atoms with Gasteiger partial charge in [0, 0.05) is 11.3 Å². The minimum Gasteiger partial charge on any atom is -0.334 e. The van der Waals surface area contributed by atoms with E-state index in [1.54, 1.807) is 4.90 Å². The SMILES string of the molecule is CCc1ccc(CN2C(=O)NC(c3ccc(C)c(C)c3)C(c3nc(-c4ccc(C)cc4)no3)=C2C)cc1. The average molecular weight is 493 g/mol. The summed E-state index contributed by atoms with van der Waals surface area (Å²) < 4.78 is 5.83. The number of hydrogen-bond donors (Lipinski definition) is 1. The van der Waals surface area contributed by atoms with E-state index in [4.69, 9.17) is 9.51 Å². The number of nitrogens with one attached hydrogen (secondary N) is 1. The van der Waals surface area contributed by atoms with Crippen molar-refractivity contribution in [3.63, 3.8) is 0 Å². The number of rotatable bonds is 6. The molecule has 0 bridgehead atoms. The van der Waals surface area contributed by atoms with Crippen molar-refractivity contribution < 1.29 is 9.32 Å². The van der Waals surface area contributed by atoms with E-state index in [-0.39, 0.29) is 6.03 Å². The lowest BCUT2D eigenvalue weighted by molar-refractivity contribution is 0.203. The zero-order valence-electron chi connectivity index (χ0n) is 22.0. The molecule has 0 saturated carbocycles. The fourth-order valence-corrected chi connectivity index (χ4v) is 4.66. The second-order valence-corrected chi connectivity index (χ2v) is 9.77. The van der Waals surface area contributed by atoms with Crippen LogP contribution in [0.5, 0.6) is 0 Å². The summed E-state index contributed by atoms with van der Waals surface area (Å²) in [6.07, 6.45) is 0.978. The number of hydrogen-bond acceptors (Lipinski definition) is 4. The normalized spacial score (nSPS) is 15.8. The summed E-state index contributed by atoms with van der Waals surface area (Å²) >= 11 is 0. The van der Waals surface area contributed by atoms with E-state index in [9.17, 15) is 4.79 Å². The standard InChI is InChI=1S/C31H32N4O2/c1-6-23-10-12-24(13-11-23)18-35-22(5)27(28(32-31(35)36)26-16-9-20(3)21(4)17-26)30-33-29(34-37-30)25-14-7-19(2)8-15-25/h7-17,28H,6,18H2,1-5H3,(H,32,36). The molecule has 3 aromatic carbocycles. The molecule has 1 aromatic heterocycles. The number of carbonyl (C=O) groups excluding carboxylic acids is 1. The third kappa shape index (κ3) is 4.92. The first-order valence-electron chi connectivity index (χ1n) is 12.7. The molecular formula is C31H32N4O2. The predicted octanol–water partition coefficient (Wildman–Crippen LogP) is 6.92. The van der Waals surface area contributed by atoms with Crippen molar-refractivity contribution in [3.8, 4) is 11.4 Å². The molecule has 1 atom stereocenters. The Balaban J connectivity index is 1.58. The molecule has 1 N–H and O–H groups in total. The van der Waals surface area contributed by atoms with Crippen molar-refractivity contribution in [1.29, 1.82) is 0 Å². The van der Waals surface area contributed by atoms with Crippen LogP contribution in [0, 0.1) is 20.8 Å². The van der Waals surface area contributed by atoms with Crippen molar-refractivity contribution in [2.24, 2.45) is 0 Å². The Morgan fingerprint density at radius 2 is 1.59 bits per heavy atom. The van der Waals surface area contributed by atoms with Gasteiger partial charge in [-0.2, -0.15) is 4.98 Å². The number of aromatic nitrogens is 2. The van der Waals surface area contributed by atoms with Gasteiger partial charge in [-0.15, -0.1) is 0 Å². The van der Waals surface area contributed by atoms with Crippen LogP contribution in [0.2, 0.25) is 0 Å². The van der Waals surface area contributed by atoms with Gasteiger partial charge in [0.25, 0.3) is 5.89 Å². The van der Waals surface area contributed by atoms with Gasteiger partial charge in [-0.05, 0) is 61.9 Å². The molecule has 2 amide bonds. The largest absolute Gasteiger partial charge is 0.334 e. The molecule has 2 heterocycles. The number of aryl methyl sites for hydroxylation is 4. The van der Waals surface area contributed by atoms with Crippen molar-refractivity contribution >= 4 is 11.6 Å². The summed E-state index contributed by atoms with van der Waals surface area (Å²) in [5.74, 6) is 0.926. The van der Waals surface area contributed by atoms with E-state index in [2.05, 4.69) is 73.7 Å². The Morgan fingerprint density at radius 3 is 2.27 bits per heavy atom. The first-order chi connectivity index (χ1) is 17.8. The van der Waals surface area contributed by atoms with Crippen molar-refractivity contribution in [2.75, 3.05) is 0 Å². The second kappa shape index (κ2) is 10.1. The number of allylic oxidation sites excluding steroid dienone is 1. The second-order valence-electron chi connectivity index (χ2n) is 9.77. The Labute approximate surface area is 218 Å². The van der Waals surface area contributed by atoms with Gasteiger partial charge < -0.3 is 9.84 Å². The van der Waals surface area contributed by atoms with Crippen molar-refractivity contribution in [3.05, 3.63) is 112 Å². The van der Waals surface area contributed by atoms with Gasteiger partial charge in [-0.3, -0.25) is 4.90 Å². The molecule has 0 saturated heterocycles. The average Bonchev–Trinajstić information content (AvgIpc) is 3.38. The van der Waals surface area contributed by atoms with Crippen LogP contribution >= 0.6 is 0 Å². The smallest absolute Gasteiger partial charge is 0.322 e. The molecule has 0 radical (unpaired) electrons. The molecule has 1 aliphatic rings. The Kier molecular flexibility index (Phi) is 6.66. The Hall–Kier alpha value is -4.19. The summed E-state index contributed by atoms with van der Waals surface area (Å²) in [5.41, 5.74) is 9.31. The summed E-state index contributed by atoms with van der Waals surface area (Å²) in [5, 5.41) is 7.49. The number of amides is 2. The number of benzene rings is 3. The third-order valence-corrected chi connectivity index (χ3v) is 7.20. The Bertz CT molecular complexity index is 1470. The lowest BCUT2D eigenvalue weighted by Crippen LogP contribution is -2.45. The molecule has 37 heavy (non-hydrogen) atoms. The quantitative estimate of drug-likeness (QED) is 0.317. The van der Waals surface area contributed by atoms with Crippen molar-refractivity contribution in [2.45, 2.75) is 53.6 Å². The van der Waals surface area contributed by atoms with Crippen LogP contribution < -0.4 is 5.32 Å². The third-order valence-electron chi connectivity index (χ3n) is 7.20. The maximum atomic E-state index is 13.4. The summed E-state index contributed by atoms with van der Waals surface area (Å²) in [6.45, 7) is 10.7. The van der Waals surface area contributed by atoms with E-state index < -0.39 is 6.04 Å². The van der Waals surface area contributed by atoms with Gasteiger partial charge in [0.1, 0.15) is 0 Å². The lowest BCUT2D eigenvalue weighted by Gasteiger charge is -2.35. The molecule has 188 valence electrons. The predicted molar refractivity (Wildman–Crippen MR) is 146 cm³/mol. The fraction of sp³-hybridized carbons (Fsp3) is 0.258. The van der Waals surface area contributed by atoms with Gasteiger partial charge in [0.15, 0.2) is 0 Å². The highest BCUT2D eigenvalue weighted by molar-refractivity contribution is 5.87. The van der Waals surface area contributed by atoms with Gasteiger partial charge >= 0.3 is 6.03 Å². The van der Waals surface area contributed by atoms with Crippen LogP contribution in [-0.2, 0) is 13.0 Å². The summed E-state index contributed by atoms with van der Waals surface area (Å²) in [4.78, 5) is 19.9. The van der Waals surface area contributed by atoms with E-state index >= 15 is 0 Å². The zero-order chi connectivity index (χ0) is 26.1. The first kappa shape index (κ1) is 24.5. The zero-order valence-corrected chi connectivity index (χ0v) is 22.0. The van der Waals surface area contributed by atoms with Crippen LogP contribution in [0.3, 0.4) is 0 Å². The molecule has 1 unspecified atom stereocenters. The molecular weight excluding hydrogens is 460 g/mol.